The van der Waals surface area contributed by atoms with Crippen molar-refractivity contribution in [3.05, 3.63) is 47.2 Å². The Morgan fingerprint density at radius 3 is 2.93 bits per heavy atom. The molecule has 1 heterocycles. The summed E-state index contributed by atoms with van der Waals surface area (Å²) in [5.74, 6) is -0.753. The number of carboxylic acid groups (broad SMARTS) is 1. The van der Waals surface area contributed by atoms with Crippen LogP contribution in [0.1, 0.15) is 21.5 Å². The van der Waals surface area contributed by atoms with Crippen LogP contribution in [0.3, 0.4) is 0 Å². The summed E-state index contributed by atoms with van der Waals surface area (Å²) >= 11 is 0. The van der Waals surface area contributed by atoms with Crippen molar-refractivity contribution in [2.75, 3.05) is 0 Å². The van der Waals surface area contributed by atoms with Gasteiger partial charge in [-0.3, -0.25) is 0 Å². The van der Waals surface area contributed by atoms with Crippen molar-refractivity contribution in [1.29, 1.82) is 0 Å². The van der Waals surface area contributed by atoms with Crippen molar-refractivity contribution >= 4 is 11.8 Å². The van der Waals surface area contributed by atoms with E-state index in [1.165, 1.54) is 6.07 Å². The maximum Gasteiger partial charge on any atom is 0.336 e. The monoisotopic (exact) mass is 202 g/mol. The molecule has 4 heteroatoms. The van der Waals surface area contributed by atoms with Gasteiger partial charge in [0.1, 0.15) is 5.84 Å². The number of allylic oxidation sites excluding steroid dienone is 1. The predicted molar refractivity (Wildman–Crippen MR) is 57.0 cm³/mol. The van der Waals surface area contributed by atoms with E-state index < -0.39 is 5.97 Å². The standard InChI is InChI=1S/C11H10N2O2/c1-6-5-7-3-2-4-8(11(14)15)9(7)10(12)13-6/h2-4H,1,5H2,(H2,12,13)(H,14,15). The Morgan fingerprint density at radius 1 is 1.53 bits per heavy atom. The van der Waals surface area contributed by atoms with Gasteiger partial charge in [0, 0.05) is 17.7 Å². The van der Waals surface area contributed by atoms with Gasteiger partial charge in [0.2, 0.25) is 0 Å². The highest BCUT2D eigenvalue weighted by Gasteiger charge is 2.20. The molecule has 0 spiro atoms. The fraction of sp³-hybridized carbons (Fsp3) is 0.0909. The molecule has 1 aliphatic rings. The van der Waals surface area contributed by atoms with E-state index in [0.717, 1.165) is 5.56 Å². The van der Waals surface area contributed by atoms with Crippen molar-refractivity contribution < 1.29 is 9.90 Å². The molecule has 0 amide bonds. The predicted octanol–water partition coefficient (Wildman–Crippen LogP) is 1.16. The molecule has 0 saturated heterocycles. The molecule has 0 bridgehead atoms. The van der Waals surface area contributed by atoms with E-state index in [1.807, 2.05) is 6.07 Å². The molecule has 0 aliphatic carbocycles. The Kier molecular flexibility index (Phi) is 2.04. The van der Waals surface area contributed by atoms with Gasteiger partial charge in [0.15, 0.2) is 0 Å². The van der Waals surface area contributed by atoms with Gasteiger partial charge in [-0.15, -0.1) is 0 Å². The smallest absolute Gasteiger partial charge is 0.336 e. The number of carbonyl (C=O) groups is 1. The van der Waals surface area contributed by atoms with Crippen LogP contribution in [0, 0.1) is 0 Å². The average molecular weight is 202 g/mol. The molecule has 76 valence electrons. The lowest BCUT2D eigenvalue weighted by Crippen LogP contribution is -2.23. The van der Waals surface area contributed by atoms with E-state index in [2.05, 4.69) is 11.6 Å². The van der Waals surface area contributed by atoms with E-state index in [1.54, 1.807) is 6.07 Å². The van der Waals surface area contributed by atoms with Crippen molar-refractivity contribution in [3.63, 3.8) is 0 Å². The minimum atomic E-state index is -0.988. The van der Waals surface area contributed by atoms with Gasteiger partial charge in [-0.1, -0.05) is 18.7 Å². The number of hydrogen-bond donors (Lipinski definition) is 2. The summed E-state index contributed by atoms with van der Waals surface area (Å²) in [4.78, 5) is 15.0. The Morgan fingerprint density at radius 2 is 2.27 bits per heavy atom. The highest BCUT2D eigenvalue weighted by molar-refractivity contribution is 6.08. The summed E-state index contributed by atoms with van der Waals surface area (Å²) < 4.78 is 0. The highest BCUT2D eigenvalue weighted by Crippen LogP contribution is 2.22. The minimum Gasteiger partial charge on any atom is -0.478 e. The number of nitrogens with zero attached hydrogens (tertiary/aromatic N) is 1. The number of fused-ring (bicyclic) bond motifs is 1. The summed E-state index contributed by atoms with van der Waals surface area (Å²) in [6.45, 7) is 3.72. The van der Waals surface area contributed by atoms with E-state index in [4.69, 9.17) is 10.8 Å². The Bertz CT molecular complexity index is 489. The van der Waals surface area contributed by atoms with E-state index in [-0.39, 0.29) is 11.4 Å². The van der Waals surface area contributed by atoms with Crippen LogP contribution in [0.5, 0.6) is 0 Å². The third-order valence-electron chi connectivity index (χ3n) is 2.31. The lowest BCUT2D eigenvalue weighted by atomic mass is 9.95. The lowest BCUT2D eigenvalue weighted by Gasteiger charge is -2.16. The molecule has 3 N–H and O–H groups in total. The third kappa shape index (κ3) is 1.50. The first-order chi connectivity index (χ1) is 7.09. The van der Waals surface area contributed by atoms with Crippen LogP contribution in [-0.2, 0) is 6.42 Å². The fourth-order valence-electron chi connectivity index (χ4n) is 1.71. The number of amidine groups is 1. The molecule has 1 aromatic carbocycles. The zero-order valence-corrected chi connectivity index (χ0v) is 8.03. The molecule has 0 fully saturated rings. The number of rotatable bonds is 1. The molecule has 0 unspecified atom stereocenters. The number of hydrogen-bond acceptors (Lipinski definition) is 3. The summed E-state index contributed by atoms with van der Waals surface area (Å²) in [6, 6.07) is 5.07. The zero-order chi connectivity index (χ0) is 11.0. The minimum absolute atomic E-state index is 0.196. The third-order valence-corrected chi connectivity index (χ3v) is 2.31. The topological polar surface area (TPSA) is 75.7 Å². The molecule has 0 radical (unpaired) electrons. The van der Waals surface area contributed by atoms with Gasteiger partial charge in [0.25, 0.3) is 0 Å². The maximum absolute atomic E-state index is 11.0. The number of benzene rings is 1. The second-order valence-electron chi connectivity index (χ2n) is 3.38. The number of aliphatic imine (C=N–C) groups is 1. The Labute approximate surface area is 86.8 Å². The molecule has 0 aromatic heterocycles. The largest absolute Gasteiger partial charge is 0.478 e. The van der Waals surface area contributed by atoms with E-state index in [9.17, 15) is 4.79 Å². The Balaban J connectivity index is 2.69. The molecular formula is C11H10N2O2. The molecule has 4 nitrogen and oxygen atoms in total. The van der Waals surface area contributed by atoms with Crippen LogP contribution < -0.4 is 5.73 Å². The number of carboxylic acids is 1. The normalized spacial score (nSPS) is 14.4. The summed E-state index contributed by atoms with van der Waals surface area (Å²) in [5, 5.41) is 8.99. The molecule has 1 aromatic rings. The Hall–Kier alpha value is -2.10. The van der Waals surface area contributed by atoms with E-state index >= 15 is 0 Å². The summed E-state index contributed by atoms with van der Waals surface area (Å²) in [7, 11) is 0. The molecule has 1 aliphatic heterocycles. The van der Waals surface area contributed by atoms with Gasteiger partial charge in [-0.2, -0.15) is 0 Å². The molecular weight excluding hydrogens is 192 g/mol. The van der Waals surface area contributed by atoms with Crippen LogP contribution >= 0.6 is 0 Å². The number of aromatic carboxylic acids is 1. The molecule has 0 saturated carbocycles. The fourth-order valence-corrected chi connectivity index (χ4v) is 1.71. The van der Waals surface area contributed by atoms with Crippen molar-refractivity contribution in [3.8, 4) is 0 Å². The lowest BCUT2D eigenvalue weighted by molar-refractivity contribution is 0.0696. The first kappa shape index (κ1) is 9.45. The van der Waals surface area contributed by atoms with Gasteiger partial charge in [0.05, 0.1) is 5.56 Å². The van der Waals surface area contributed by atoms with Gasteiger partial charge < -0.3 is 10.8 Å². The van der Waals surface area contributed by atoms with E-state index in [0.29, 0.717) is 17.7 Å². The first-order valence-corrected chi connectivity index (χ1v) is 4.47. The average Bonchev–Trinajstić information content (AvgIpc) is 2.16. The highest BCUT2D eigenvalue weighted by atomic mass is 16.4. The van der Waals surface area contributed by atoms with Crippen LogP contribution in [0.25, 0.3) is 0 Å². The van der Waals surface area contributed by atoms with Gasteiger partial charge in [-0.25, -0.2) is 9.79 Å². The molecule has 2 rings (SSSR count). The molecule has 15 heavy (non-hydrogen) atoms. The van der Waals surface area contributed by atoms with Crippen molar-refractivity contribution in [1.82, 2.24) is 0 Å². The van der Waals surface area contributed by atoms with Gasteiger partial charge >= 0.3 is 5.97 Å². The SMILES string of the molecule is C=C1Cc2cccc(C(=O)O)c2C(N)=N1. The van der Waals surface area contributed by atoms with Crippen LogP contribution in [-0.4, -0.2) is 16.9 Å². The molecule has 0 atom stereocenters. The van der Waals surface area contributed by atoms with Crippen LogP contribution in [0.15, 0.2) is 35.5 Å². The van der Waals surface area contributed by atoms with Crippen LogP contribution in [0.4, 0.5) is 0 Å². The second-order valence-corrected chi connectivity index (χ2v) is 3.38. The number of nitrogens with two attached hydrogens (primary N) is 1. The van der Waals surface area contributed by atoms with Gasteiger partial charge in [-0.05, 0) is 11.6 Å². The summed E-state index contributed by atoms with van der Waals surface area (Å²) in [6.07, 6.45) is 0.553. The van der Waals surface area contributed by atoms with Crippen LogP contribution in [0.2, 0.25) is 0 Å². The summed E-state index contributed by atoms with van der Waals surface area (Å²) in [5.41, 5.74) is 7.95. The second kappa shape index (κ2) is 3.24. The maximum atomic E-state index is 11.0. The first-order valence-electron chi connectivity index (χ1n) is 4.47. The zero-order valence-electron chi connectivity index (χ0n) is 8.03. The van der Waals surface area contributed by atoms with Crippen molar-refractivity contribution in [2.45, 2.75) is 6.42 Å². The van der Waals surface area contributed by atoms with Crippen molar-refractivity contribution in [2.24, 2.45) is 10.7 Å². The quantitative estimate of drug-likeness (QED) is 0.717.